The Balaban J connectivity index is 1.92. The number of rotatable bonds is 9. The number of sulfonamides is 1. The highest BCUT2D eigenvalue weighted by Crippen LogP contribution is 2.21. The number of hydrogen-bond donors (Lipinski definition) is 3. The zero-order valence-electron chi connectivity index (χ0n) is 16.5. The lowest BCUT2D eigenvalue weighted by molar-refractivity contribution is 0.588. The Hall–Kier alpha value is -2.03. The lowest BCUT2D eigenvalue weighted by Crippen LogP contribution is -2.40. The van der Waals surface area contributed by atoms with Gasteiger partial charge >= 0.3 is 0 Å². The van der Waals surface area contributed by atoms with Crippen LogP contribution in [0.5, 0.6) is 0 Å². The SMILES string of the molecule is CCNC(=NCc1ccc(S(=O)(=O)NC)cc1)NCC(C)Sc1ccccc1. The average Bonchev–Trinajstić information content (AvgIpc) is 2.71. The van der Waals surface area contributed by atoms with E-state index < -0.39 is 10.0 Å². The van der Waals surface area contributed by atoms with Crippen molar-refractivity contribution in [3.63, 3.8) is 0 Å². The van der Waals surface area contributed by atoms with Gasteiger partial charge in [-0.15, -0.1) is 11.8 Å². The highest BCUT2D eigenvalue weighted by atomic mass is 32.2. The molecule has 6 nitrogen and oxygen atoms in total. The molecule has 0 saturated carbocycles. The lowest BCUT2D eigenvalue weighted by Gasteiger charge is -2.15. The van der Waals surface area contributed by atoms with Gasteiger partial charge in [0.2, 0.25) is 10.0 Å². The molecule has 0 saturated heterocycles. The molecule has 3 N–H and O–H groups in total. The van der Waals surface area contributed by atoms with E-state index in [1.165, 1.54) is 11.9 Å². The molecule has 2 aromatic carbocycles. The first-order valence-electron chi connectivity index (χ1n) is 9.21. The van der Waals surface area contributed by atoms with Gasteiger partial charge in [-0.05, 0) is 43.8 Å². The Labute approximate surface area is 172 Å². The van der Waals surface area contributed by atoms with Gasteiger partial charge in [-0.2, -0.15) is 0 Å². The van der Waals surface area contributed by atoms with E-state index in [9.17, 15) is 8.42 Å². The van der Waals surface area contributed by atoms with Crippen LogP contribution in [0, 0.1) is 0 Å². The summed E-state index contributed by atoms with van der Waals surface area (Å²) >= 11 is 1.82. The van der Waals surface area contributed by atoms with Crippen molar-refractivity contribution < 1.29 is 8.42 Å². The van der Waals surface area contributed by atoms with Crippen molar-refractivity contribution in [2.45, 2.75) is 35.4 Å². The van der Waals surface area contributed by atoms with Crippen LogP contribution in [0.15, 0.2) is 69.4 Å². The summed E-state index contributed by atoms with van der Waals surface area (Å²) in [5.74, 6) is 0.745. The van der Waals surface area contributed by atoms with Gasteiger partial charge < -0.3 is 10.6 Å². The predicted octanol–water partition coefficient (Wildman–Crippen LogP) is 2.83. The largest absolute Gasteiger partial charge is 0.357 e. The molecule has 2 aromatic rings. The van der Waals surface area contributed by atoms with Gasteiger partial charge in [0, 0.05) is 23.2 Å². The van der Waals surface area contributed by atoms with Crippen molar-refractivity contribution in [2.24, 2.45) is 4.99 Å². The minimum atomic E-state index is -3.41. The summed E-state index contributed by atoms with van der Waals surface area (Å²) in [4.78, 5) is 6.09. The quantitative estimate of drug-likeness (QED) is 0.330. The molecular weight excluding hydrogens is 392 g/mol. The van der Waals surface area contributed by atoms with Crippen molar-refractivity contribution in [3.05, 3.63) is 60.2 Å². The van der Waals surface area contributed by atoms with Gasteiger partial charge in [-0.3, -0.25) is 0 Å². The molecular formula is C20H28N4O2S2. The van der Waals surface area contributed by atoms with Crippen LogP contribution in [0.2, 0.25) is 0 Å². The highest BCUT2D eigenvalue weighted by molar-refractivity contribution is 8.00. The first-order valence-corrected chi connectivity index (χ1v) is 11.6. The van der Waals surface area contributed by atoms with Gasteiger partial charge in [0.25, 0.3) is 0 Å². The van der Waals surface area contributed by atoms with Crippen molar-refractivity contribution in [3.8, 4) is 0 Å². The number of benzene rings is 2. The molecule has 0 aromatic heterocycles. The highest BCUT2D eigenvalue weighted by Gasteiger charge is 2.10. The summed E-state index contributed by atoms with van der Waals surface area (Å²) in [6.45, 7) is 6.22. The molecule has 0 aliphatic heterocycles. The van der Waals surface area contributed by atoms with Crippen LogP contribution in [-0.4, -0.2) is 39.8 Å². The predicted molar refractivity (Wildman–Crippen MR) is 117 cm³/mol. The molecule has 1 unspecified atom stereocenters. The molecule has 0 fully saturated rings. The van der Waals surface area contributed by atoms with Crippen LogP contribution in [-0.2, 0) is 16.6 Å². The smallest absolute Gasteiger partial charge is 0.240 e. The van der Waals surface area contributed by atoms with Crippen molar-refractivity contribution in [1.29, 1.82) is 0 Å². The summed E-state index contributed by atoms with van der Waals surface area (Å²) < 4.78 is 25.9. The number of nitrogens with zero attached hydrogens (tertiary/aromatic N) is 1. The van der Waals surface area contributed by atoms with Crippen LogP contribution >= 0.6 is 11.8 Å². The van der Waals surface area contributed by atoms with E-state index >= 15 is 0 Å². The van der Waals surface area contributed by atoms with E-state index in [2.05, 4.69) is 39.4 Å². The Morgan fingerprint density at radius 3 is 2.36 bits per heavy atom. The van der Waals surface area contributed by atoms with Gasteiger partial charge in [0.15, 0.2) is 5.96 Å². The van der Waals surface area contributed by atoms with E-state index in [0.717, 1.165) is 24.6 Å². The van der Waals surface area contributed by atoms with E-state index in [1.54, 1.807) is 24.3 Å². The normalized spacial score (nSPS) is 13.2. The van der Waals surface area contributed by atoms with Gasteiger partial charge in [0.05, 0.1) is 11.4 Å². The Bertz CT molecular complexity index is 854. The standard InChI is InChI=1S/C20H28N4O2S2/c1-4-22-20(23-14-16(2)27-18-8-6-5-7-9-18)24-15-17-10-12-19(13-11-17)28(25,26)21-3/h5-13,16,21H,4,14-15H2,1-3H3,(H2,22,23,24). The molecule has 0 heterocycles. The summed E-state index contributed by atoms with van der Waals surface area (Å²) in [6, 6.07) is 17.1. The summed E-state index contributed by atoms with van der Waals surface area (Å²) in [7, 11) is -2.01. The molecule has 1 atom stereocenters. The molecule has 28 heavy (non-hydrogen) atoms. The average molecular weight is 421 g/mol. The zero-order chi connectivity index (χ0) is 20.4. The second-order valence-electron chi connectivity index (χ2n) is 6.17. The number of nitrogens with one attached hydrogen (secondary N) is 3. The van der Waals surface area contributed by atoms with Crippen LogP contribution in [0.4, 0.5) is 0 Å². The third kappa shape index (κ3) is 7.18. The minimum Gasteiger partial charge on any atom is -0.357 e. The summed E-state index contributed by atoms with van der Waals surface area (Å²) in [5, 5.41) is 6.99. The van der Waals surface area contributed by atoms with Crippen LogP contribution in [0.1, 0.15) is 19.4 Å². The molecule has 152 valence electrons. The van der Waals surface area contributed by atoms with E-state index in [-0.39, 0.29) is 4.90 Å². The molecule has 2 rings (SSSR count). The first-order chi connectivity index (χ1) is 13.4. The molecule has 0 aliphatic carbocycles. The van der Waals surface area contributed by atoms with Crippen molar-refractivity contribution >= 4 is 27.7 Å². The van der Waals surface area contributed by atoms with Gasteiger partial charge in [-0.1, -0.05) is 37.3 Å². The van der Waals surface area contributed by atoms with E-state index in [4.69, 9.17) is 0 Å². The fourth-order valence-electron chi connectivity index (χ4n) is 2.42. The second kappa shape index (κ2) is 11.1. The van der Waals surface area contributed by atoms with Crippen molar-refractivity contribution in [1.82, 2.24) is 15.4 Å². The number of hydrogen-bond acceptors (Lipinski definition) is 4. The molecule has 8 heteroatoms. The van der Waals surface area contributed by atoms with Crippen LogP contribution < -0.4 is 15.4 Å². The monoisotopic (exact) mass is 420 g/mol. The first kappa shape index (κ1) is 22.3. The van der Waals surface area contributed by atoms with Gasteiger partial charge in [0.1, 0.15) is 0 Å². The Morgan fingerprint density at radius 1 is 1.07 bits per heavy atom. The summed E-state index contributed by atoms with van der Waals surface area (Å²) in [6.07, 6.45) is 0. The fourth-order valence-corrected chi connectivity index (χ4v) is 4.09. The number of aliphatic imine (C=N–C) groups is 1. The molecule has 0 aliphatic rings. The van der Waals surface area contributed by atoms with E-state index in [0.29, 0.717) is 11.8 Å². The summed E-state index contributed by atoms with van der Waals surface area (Å²) in [5.41, 5.74) is 0.943. The van der Waals surface area contributed by atoms with Crippen LogP contribution in [0.3, 0.4) is 0 Å². The van der Waals surface area contributed by atoms with Crippen molar-refractivity contribution in [2.75, 3.05) is 20.1 Å². The topological polar surface area (TPSA) is 82.6 Å². The van der Waals surface area contributed by atoms with Crippen LogP contribution in [0.25, 0.3) is 0 Å². The maximum atomic E-state index is 11.8. The Morgan fingerprint density at radius 2 is 1.75 bits per heavy atom. The fraction of sp³-hybridized carbons (Fsp3) is 0.350. The maximum Gasteiger partial charge on any atom is 0.240 e. The second-order valence-corrected chi connectivity index (χ2v) is 9.57. The minimum absolute atomic E-state index is 0.250. The van der Waals surface area contributed by atoms with Gasteiger partial charge in [-0.25, -0.2) is 18.1 Å². The third-order valence-corrected chi connectivity index (χ3v) is 6.45. The third-order valence-electron chi connectivity index (χ3n) is 3.90. The lowest BCUT2D eigenvalue weighted by atomic mass is 10.2. The molecule has 0 spiro atoms. The Kier molecular flexibility index (Phi) is 8.82. The number of thioether (sulfide) groups is 1. The number of guanidine groups is 1. The molecule has 0 radical (unpaired) electrons. The molecule has 0 amide bonds. The molecule has 0 bridgehead atoms. The maximum absolute atomic E-state index is 11.8. The zero-order valence-corrected chi connectivity index (χ0v) is 18.1. The van der Waals surface area contributed by atoms with E-state index in [1.807, 2.05) is 36.9 Å².